The molecular formula is C15H22O2. The first-order valence-corrected chi connectivity index (χ1v) is 6.43. The normalized spacial score (nSPS) is 27.9. The minimum Gasteiger partial charge on any atom is -0.389 e. The Morgan fingerprint density at radius 3 is 2.41 bits per heavy atom. The molecule has 1 saturated carbocycles. The third-order valence-corrected chi connectivity index (χ3v) is 3.77. The second-order valence-electron chi connectivity index (χ2n) is 5.26. The highest BCUT2D eigenvalue weighted by molar-refractivity contribution is 5.35. The molecule has 1 aliphatic rings. The molecule has 1 aromatic carbocycles. The lowest BCUT2D eigenvalue weighted by Crippen LogP contribution is -2.50. The first-order chi connectivity index (χ1) is 8.04. The predicted molar refractivity (Wildman–Crippen MR) is 69.2 cm³/mol. The van der Waals surface area contributed by atoms with E-state index in [0.717, 1.165) is 25.9 Å². The Bertz CT molecular complexity index is 372. The van der Waals surface area contributed by atoms with E-state index in [1.807, 2.05) is 6.92 Å². The lowest BCUT2D eigenvalue weighted by molar-refractivity contribution is -0.136. The molecule has 0 saturated heterocycles. The third-order valence-electron chi connectivity index (χ3n) is 3.77. The topological polar surface area (TPSA) is 29.5 Å². The van der Waals surface area contributed by atoms with E-state index in [1.165, 1.54) is 16.7 Å². The molecule has 17 heavy (non-hydrogen) atoms. The van der Waals surface area contributed by atoms with Gasteiger partial charge in [-0.1, -0.05) is 18.2 Å². The van der Waals surface area contributed by atoms with E-state index in [1.54, 1.807) is 0 Å². The summed E-state index contributed by atoms with van der Waals surface area (Å²) >= 11 is 0. The fourth-order valence-electron chi connectivity index (χ4n) is 2.74. The SMILES string of the molecule is CCOC1CC(O)(Cc2c(C)cccc2C)C1. The maximum absolute atomic E-state index is 10.4. The summed E-state index contributed by atoms with van der Waals surface area (Å²) in [5, 5.41) is 10.4. The molecule has 0 aliphatic heterocycles. The molecule has 0 bridgehead atoms. The van der Waals surface area contributed by atoms with Crippen molar-refractivity contribution in [1.82, 2.24) is 0 Å². The van der Waals surface area contributed by atoms with Crippen molar-refractivity contribution < 1.29 is 9.84 Å². The van der Waals surface area contributed by atoms with Gasteiger partial charge in [0.25, 0.3) is 0 Å². The Labute approximate surface area is 104 Å². The first-order valence-electron chi connectivity index (χ1n) is 6.43. The van der Waals surface area contributed by atoms with Crippen LogP contribution in [0.15, 0.2) is 18.2 Å². The van der Waals surface area contributed by atoms with Crippen molar-refractivity contribution in [3.63, 3.8) is 0 Å². The molecule has 0 atom stereocenters. The van der Waals surface area contributed by atoms with Crippen molar-refractivity contribution >= 4 is 0 Å². The van der Waals surface area contributed by atoms with Crippen molar-refractivity contribution in [3.8, 4) is 0 Å². The molecule has 0 radical (unpaired) electrons. The van der Waals surface area contributed by atoms with Crippen LogP contribution < -0.4 is 0 Å². The Morgan fingerprint density at radius 1 is 1.29 bits per heavy atom. The number of aryl methyl sites for hydroxylation is 2. The molecule has 2 nitrogen and oxygen atoms in total. The van der Waals surface area contributed by atoms with Crippen molar-refractivity contribution in [2.24, 2.45) is 0 Å². The zero-order valence-corrected chi connectivity index (χ0v) is 11.0. The van der Waals surface area contributed by atoms with E-state index in [2.05, 4.69) is 32.0 Å². The Balaban J connectivity index is 2.02. The Kier molecular flexibility index (Phi) is 3.55. The van der Waals surface area contributed by atoms with E-state index >= 15 is 0 Å². The van der Waals surface area contributed by atoms with Crippen LogP contribution >= 0.6 is 0 Å². The summed E-state index contributed by atoms with van der Waals surface area (Å²) in [6, 6.07) is 6.30. The number of rotatable bonds is 4. The molecule has 1 N–H and O–H groups in total. The molecule has 1 fully saturated rings. The van der Waals surface area contributed by atoms with Gasteiger partial charge in [-0.15, -0.1) is 0 Å². The Morgan fingerprint density at radius 2 is 1.88 bits per heavy atom. The summed E-state index contributed by atoms with van der Waals surface area (Å²) in [6.45, 7) is 6.97. The zero-order valence-electron chi connectivity index (χ0n) is 11.0. The van der Waals surface area contributed by atoms with Gasteiger partial charge in [0.2, 0.25) is 0 Å². The van der Waals surface area contributed by atoms with Gasteiger partial charge in [0.15, 0.2) is 0 Å². The number of aliphatic hydroxyl groups is 1. The molecule has 0 heterocycles. The molecule has 1 aliphatic carbocycles. The van der Waals surface area contributed by atoms with Crippen LogP contribution in [0.25, 0.3) is 0 Å². The lowest BCUT2D eigenvalue weighted by Gasteiger charge is -2.43. The van der Waals surface area contributed by atoms with Crippen LogP contribution in [0.5, 0.6) is 0 Å². The van der Waals surface area contributed by atoms with Crippen molar-refractivity contribution in [3.05, 3.63) is 34.9 Å². The van der Waals surface area contributed by atoms with Crippen molar-refractivity contribution in [2.75, 3.05) is 6.61 Å². The van der Waals surface area contributed by atoms with E-state index in [9.17, 15) is 5.11 Å². The quantitative estimate of drug-likeness (QED) is 0.868. The molecule has 2 heteroatoms. The largest absolute Gasteiger partial charge is 0.389 e. The van der Waals surface area contributed by atoms with Gasteiger partial charge in [-0.05, 0) is 37.5 Å². The standard InChI is InChI=1S/C15H22O2/c1-4-17-13-8-15(16,9-13)10-14-11(2)6-5-7-12(14)3/h5-7,13,16H,4,8-10H2,1-3H3. The lowest BCUT2D eigenvalue weighted by atomic mass is 9.72. The summed E-state index contributed by atoms with van der Waals surface area (Å²) in [4.78, 5) is 0. The second-order valence-corrected chi connectivity index (χ2v) is 5.26. The summed E-state index contributed by atoms with van der Waals surface area (Å²) in [5.74, 6) is 0. The minimum absolute atomic E-state index is 0.259. The third kappa shape index (κ3) is 2.70. The molecule has 94 valence electrons. The van der Waals surface area contributed by atoms with Crippen molar-refractivity contribution in [2.45, 2.75) is 51.7 Å². The van der Waals surface area contributed by atoms with E-state index in [0.29, 0.717) is 0 Å². The van der Waals surface area contributed by atoms with Crippen LogP contribution in [0.1, 0.15) is 36.5 Å². The number of hydrogen-bond donors (Lipinski definition) is 1. The van der Waals surface area contributed by atoms with Gasteiger partial charge in [-0.3, -0.25) is 0 Å². The van der Waals surface area contributed by atoms with Gasteiger partial charge < -0.3 is 9.84 Å². The highest BCUT2D eigenvalue weighted by atomic mass is 16.5. The van der Waals surface area contributed by atoms with Crippen LogP contribution in [-0.4, -0.2) is 23.4 Å². The van der Waals surface area contributed by atoms with E-state index < -0.39 is 5.60 Å². The van der Waals surface area contributed by atoms with Gasteiger partial charge in [0.05, 0.1) is 11.7 Å². The monoisotopic (exact) mass is 234 g/mol. The molecule has 1 aromatic rings. The van der Waals surface area contributed by atoms with Gasteiger partial charge in [-0.2, -0.15) is 0 Å². The summed E-state index contributed by atoms with van der Waals surface area (Å²) < 4.78 is 5.51. The average molecular weight is 234 g/mol. The van der Waals surface area contributed by atoms with Crippen molar-refractivity contribution in [1.29, 1.82) is 0 Å². The first kappa shape index (κ1) is 12.6. The van der Waals surface area contributed by atoms with Crippen LogP contribution in [0.3, 0.4) is 0 Å². The molecule has 0 amide bonds. The highest BCUT2D eigenvalue weighted by Crippen LogP contribution is 2.38. The maximum Gasteiger partial charge on any atom is 0.0737 e. The van der Waals surface area contributed by atoms with E-state index in [-0.39, 0.29) is 6.10 Å². The van der Waals surface area contributed by atoms with Crippen LogP contribution in [0.4, 0.5) is 0 Å². The molecule has 2 rings (SSSR count). The highest BCUT2D eigenvalue weighted by Gasteiger charge is 2.43. The van der Waals surface area contributed by atoms with Gasteiger partial charge in [0.1, 0.15) is 0 Å². The van der Waals surface area contributed by atoms with E-state index in [4.69, 9.17) is 4.74 Å². The van der Waals surface area contributed by atoms with Crippen LogP contribution in [0, 0.1) is 13.8 Å². The summed E-state index contributed by atoms with van der Waals surface area (Å²) in [5.41, 5.74) is 3.30. The smallest absolute Gasteiger partial charge is 0.0737 e. The van der Waals surface area contributed by atoms with Crippen LogP contribution in [-0.2, 0) is 11.2 Å². The predicted octanol–water partition coefficient (Wildman–Crippen LogP) is 2.78. The zero-order chi connectivity index (χ0) is 12.5. The van der Waals surface area contributed by atoms with Gasteiger partial charge >= 0.3 is 0 Å². The fourth-order valence-corrected chi connectivity index (χ4v) is 2.74. The average Bonchev–Trinajstić information content (AvgIpc) is 2.22. The van der Waals surface area contributed by atoms with Crippen LogP contribution in [0.2, 0.25) is 0 Å². The molecule has 0 spiro atoms. The fraction of sp³-hybridized carbons (Fsp3) is 0.600. The number of benzene rings is 1. The summed E-state index contributed by atoms with van der Waals surface area (Å²) in [6.07, 6.45) is 2.56. The second kappa shape index (κ2) is 4.79. The summed E-state index contributed by atoms with van der Waals surface area (Å²) in [7, 11) is 0. The Hall–Kier alpha value is -0.860. The molecule has 0 unspecified atom stereocenters. The minimum atomic E-state index is -0.545. The molecule has 0 aromatic heterocycles. The number of hydrogen-bond acceptors (Lipinski definition) is 2. The number of ether oxygens (including phenoxy) is 1. The van der Waals surface area contributed by atoms with Gasteiger partial charge in [0, 0.05) is 25.9 Å². The molecular weight excluding hydrogens is 212 g/mol. The van der Waals surface area contributed by atoms with Gasteiger partial charge in [-0.25, -0.2) is 0 Å². The maximum atomic E-state index is 10.4.